The smallest absolute Gasteiger partial charge is 0.254 e. The Morgan fingerprint density at radius 3 is 2.26 bits per heavy atom. The van der Waals surface area contributed by atoms with Gasteiger partial charge in [0.1, 0.15) is 11.8 Å². The lowest BCUT2D eigenvalue weighted by molar-refractivity contribution is -0.122. The number of ether oxygens (including phenoxy) is 1. The number of halogens is 2. The van der Waals surface area contributed by atoms with Crippen LogP contribution in [-0.4, -0.2) is 30.5 Å². The summed E-state index contributed by atoms with van der Waals surface area (Å²) in [6.07, 6.45) is 0. The number of aryl methyl sites for hydroxylation is 1. The zero-order valence-corrected chi connectivity index (χ0v) is 17.6. The lowest BCUT2D eigenvalue weighted by atomic mass is 10.0. The second-order valence-electron chi connectivity index (χ2n) is 7.01. The van der Waals surface area contributed by atoms with Crippen LogP contribution in [0.25, 0.3) is 5.69 Å². The molecule has 0 aliphatic carbocycles. The average Bonchev–Trinajstić information content (AvgIpc) is 3.07. The van der Waals surface area contributed by atoms with Gasteiger partial charge in [-0.3, -0.25) is 9.59 Å². The first-order valence-electron chi connectivity index (χ1n) is 9.57. The maximum atomic E-state index is 13.7. The highest BCUT2D eigenvalue weighted by Gasteiger charge is 2.25. The summed E-state index contributed by atoms with van der Waals surface area (Å²) in [6.45, 7) is 3.65. The van der Waals surface area contributed by atoms with E-state index in [-0.39, 0.29) is 5.56 Å². The van der Waals surface area contributed by atoms with Crippen LogP contribution in [0.3, 0.4) is 0 Å². The highest BCUT2D eigenvalue weighted by molar-refractivity contribution is 5.99. The summed E-state index contributed by atoms with van der Waals surface area (Å²) in [5, 5.41) is 5.06. The van der Waals surface area contributed by atoms with Crippen LogP contribution in [0, 0.1) is 25.5 Å². The molecule has 6 nitrogen and oxygen atoms in total. The SMILES string of the molecule is CNC(=O)C(NC(=O)c1cc(C)n(-c2ccc(OC)cc2)c1C)c1ccc(F)c(F)c1. The number of nitrogens with zero attached hydrogens (tertiary/aromatic N) is 1. The number of hydrogen-bond donors (Lipinski definition) is 2. The molecule has 1 unspecified atom stereocenters. The summed E-state index contributed by atoms with van der Waals surface area (Å²) in [4.78, 5) is 25.4. The standard InChI is InChI=1S/C23H23F2N3O3/c1-13-11-18(14(2)28(13)16-6-8-17(31-4)9-7-16)22(29)27-21(23(30)26-3)15-5-10-19(24)20(25)12-15/h5-12,21H,1-4H3,(H,26,30)(H,27,29). The number of rotatable bonds is 6. The molecule has 0 bridgehead atoms. The van der Waals surface area contributed by atoms with E-state index in [1.54, 1.807) is 20.1 Å². The molecule has 3 rings (SSSR count). The van der Waals surface area contributed by atoms with Gasteiger partial charge in [0.15, 0.2) is 11.6 Å². The average molecular weight is 427 g/mol. The van der Waals surface area contributed by atoms with Gasteiger partial charge in [0.2, 0.25) is 5.91 Å². The van der Waals surface area contributed by atoms with Gasteiger partial charge in [0.25, 0.3) is 5.91 Å². The summed E-state index contributed by atoms with van der Waals surface area (Å²) in [7, 11) is 2.98. The fraction of sp³-hybridized carbons (Fsp3) is 0.217. The van der Waals surface area contributed by atoms with E-state index < -0.39 is 29.5 Å². The van der Waals surface area contributed by atoms with Crippen LogP contribution in [0.15, 0.2) is 48.5 Å². The van der Waals surface area contributed by atoms with E-state index in [1.165, 1.54) is 13.1 Å². The summed E-state index contributed by atoms with van der Waals surface area (Å²) in [5.41, 5.74) is 2.83. The fourth-order valence-corrected chi connectivity index (χ4v) is 3.47. The molecule has 0 aliphatic rings. The molecule has 0 radical (unpaired) electrons. The Morgan fingerprint density at radius 1 is 1.00 bits per heavy atom. The Kier molecular flexibility index (Phi) is 6.39. The monoisotopic (exact) mass is 427 g/mol. The van der Waals surface area contributed by atoms with Crippen molar-refractivity contribution in [3.63, 3.8) is 0 Å². The molecule has 0 saturated carbocycles. The molecular weight excluding hydrogens is 404 g/mol. The molecule has 3 aromatic rings. The molecule has 2 N–H and O–H groups in total. The van der Waals surface area contributed by atoms with Gasteiger partial charge >= 0.3 is 0 Å². The minimum absolute atomic E-state index is 0.135. The highest BCUT2D eigenvalue weighted by Crippen LogP contribution is 2.24. The van der Waals surface area contributed by atoms with Crippen molar-refractivity contribution >= 4 is 11.8 Å². The summed E-state index contributed by atoms with van der Waals surface area (Å²) in [5.74, 6) is -2.48. The van der Waals surface area contributed by atoms with Gasteiger partial charge in [-0.25, -0.2) is 8.78 Å². The number of amides is 2. The predicted molar refractivity (Wildman–Crippen MR) is 112 cm³/mol. The lowest BCUT2D eigenvalue weighted by Gasteiger charge is -2.18. The van der Waals surface area contributed by atoms with E-state index in [0.29, 0.717) is 17.0 Å². The van der Waals surface area contributed by atoms with Crippen molar-refractivity contribution in [3.05, 3.63) is 82.7 Å². The zero-order chi connectivity index (χ0) is 22.7. The lowest BCUT2D eigenvalue weighted by Crippen LogP contribution is -2.39. The first-order chi connectivity index (χ1) is 14.8. The molecule has 0 aliphatic heterocycles. The summed E-state index contributed by atoms with van der Waals surface area (Å²) in [6, 6.07) is 11.0. The predicted octanol–water partition coefficient (Wildman–Crippen LogP) is 3.60. The van der Waals surface area contributed by atoms with Crippen molar-refractivity contribution in [1.82, 2.24) is 15.2 Å². The summed E-state index contributed by atoms with van der Waals surface area (Å²) < 4.78 is 34.1. The second kappa shape index (κ2) is 8.99. The van der Waals surface area contributed by atoms with Gasteiger partial charge in [-0.15, -0.1) is 0 Å². The van der Waals surface area contributed by atoms with Crippen molar-refractivity contribution in [2.45, 2.75) is 19.9 Å². The van der Waals surface area contributed by atoms with Crippen molar-refractivity contribution < 1.29 is 23.1 Å². The maximum Gasteiger partial charge on any atom is 0.254 e. The van der Waals surface area contributed by atoms with Crippen LogP contribution in [-0.2, 0) is 4.79 Å². The fourth-order valence-electron chi connectivity index (χ4n) is 3.47. The summed E-state index contributed by atoms with van der Waals surface area (Å²) >= 11 is 0. The molecule has 8 heteroatoms. The van der Waals surface area contributed by atoms with E-state index in [4.69, 9.17) is 4.74 Å². The third kappa shape index (κ3) is 4.42. The van der Waals surface area contributed by atoms with Crippen molar-refractivity contribution in [1.29, 1.82) is 0 Å². The molecular formula is C23H23F2N3O3. The first-order valence-corrected chi connectivity index (χ1v) is 9.57. The molecule has 1 aromatic heterocycles. The van der Waals surface area contributed by atoms with E-state index >= 15 is 0 Å². The molecule has 31 heavy (non-hydrogen) atoms. The molecule has 162 valence electrons. The van der Waals surface area contributed by atoms with Crippen LogP contribution >= 0.6 is 0 Å². The van der Waals surface area contributed by atoms with Crippen LogP contribution in [0.1, 0.15) is 33.4 Å². The first kappa shape index (κ1) is 22.0. The van der Waals surface area contributed by atoms with Gasteiger partial charge < -0.3 is 19.9 Å². The Balaban J connectivity index is 1.93. The van der Waals surface area contributed by atoms with Crippen LogP contribution < -0.4 is 15.4 Å². The van der Waals surface area contributed by atoms with E-state index in [1.807, 2.05) is 35.8 Å². The maximum absolute atomic E-state index is 13.7. The van der Waals surface area contributed by atoms with Gasteiger partial charge in [0.05, 0.1) is 12.7 Å². The van der Waals surface area contributed by atoms with Crippen LogP contribution in [0.4, 0.5) is 8.78 Å². The molecule has 2 aromatic carbocycles. The van der Waals surface area contributed by atoms with Gasteiger partial charge in [-0.1, -0.05) is 6.07 Å². The van der Waals surface area contributed by atoms with Gasteiger partial charge in [-0.05, 0) is 61.9 Å². The topological polar surface area (TPSA) is 72.4 Å². The number of aromatic nitrogens is 1. The van der Waals surface area contributed by atoms with Crippen LogP contribution in [0.5, 0.6) is 5.75 Å². The molecule has 0 saturated heterocycles. The number of methoxy groups -OCH3 is 1. The van der Waals surface area contributed by atoms with Crippen molar-refractivity contribution in [2.24, 2.45) is 0 Å². The number of carbonyl (C=O) groups excluding carboxylic acids is 2. The number of likely N-dealkylation sites (N-methyl/N-ethyl adjacent to an activating group) is 1. The van der Waals surface area contributed by atoms with E-state index in [9.17, 15) is 18.4 Å². The Labute approximate surface area is 178 Å². The number of benzene rings is 2. The quantitative estimate of drug-likeness (QED) is 0.632. The second-order valence-corrected chi connectivity index (χ2v) is 7.01. The van der Waals surface area contributed by atoms with Crippen molar-refractivity contribution in [3.8, 4) is 11.4 Å². The van der Waals surface area contributed by atoms with E-state index in [2.05, 4.69) is 10.6 Å². The molecule has 1 atom stereocenters. The number of nitrogens with one attached hydrogen (secondary N) is 2. The molecule has 2 amide bonds. The Hall–Kier alpha value is -3.68. The van der Waals surface area contributed by atoms with Gasteiger partial charge in [0, 0.05) is 24.1 Å². The minimum atomic E-state index is -1.18. The van der Waals surface area contributed by atoms with Crippen LogP contribution in [0.2, 0.25) is 0 Å². The van der Waals surface area contributed by atoms with Crippen molar-refractivity contribution in [2.75, 3.05) is 14.2 Å². The largest absolute Gasteiger partial charge is 0.497 e. The highest BCUT2D eigenvalue weighted by atomic mass is 19.2. The Bertz CT molecular complexity index is 1120. The zero-order valence-electron chi connectivity index (χ0n) is 17.6. The third-order valence-corrected chi connectivity index (χ3v) is 5.07. The molecule has 1 heterocycles. The molecule has 0 fully saturated rings. The Morgan fingerprint density at radius 2 is 1.68 bits per heavy atom. The van der Waals surface area contributed by atoms with E-state index in [0.717, 1.165) is 23.5 Å². The third-order valence-electron chi connectivity index (χ3n) is 5.07. The normalized spacial score (nSPS) is 11.7. The minimum Gasteiger partial charge on any atom is -0.497 e. The number of hydrogen-bond acceptors (Lipinski definition) is 3. The van der Waals surface area contributed by atoms with Gasteiger partial charge in [-0.2, -0.15) is 0 Å². The molecule has 0 spiro atoms. The number of carbonyl (C=O) groups is 2.